The average Bonchev–Trinajstić information content (AvgIpc) is 3.63. The summed E-state index contributed by atoms with van der Waals surface area (Å²) in [5, 5.41) is 28.0. The van der Waals surface area contributed by atoms with Gasteiger partial charge in [-0.1, -0.05) is 18.2 Å². The standard InChI is InChI=1S/C25H31N5O7/c31-21(32)12-18(28-22(33)17-7-3-9-26-17)24(35)30-10-4-8-20(30)23(34)29-19(25(36)37)11-14-13-27-16-6-2-1-5-15(14)16/h1-2,5-6,13,17-20,26-27H,3-4,7-12H2,(H,28,33)(H,29,34)(H,31,32)(H,36,37). The number of para-hydroxylation sites is 1. The number of aromatic amines is 1. The Morgan fingerprint density at radius 3 is 2.46 bits per heavy atom. The molecule has 0 saturated carbocycles. The van der Waals surface area contributed by atoms with Crippen molar-refractivity contribution in [3.8, 4) is 0 Å². The minimum absolute atomic E-state index is 0.0395. The maximum atomic E-state index is 13.3. The highest BCUT2D eigenvalue weighted by Gasteiger charge is 2.40. The summed E-state index contributed by atoms with van der Waals surface area (Å²) in [6.45, 7) is 0.859. The van der Waals surface area contributed by atoms with Crippen LogP contribution >= 0.6 is 0 Å². The van der Waals surface area contributed by atoms with E-state index in [0.717, 1.165) is 22.9 Å². The van der Waals surface area contributed by atoms with Crippen LogP contribution in [0, 0.1) is 0 Å². The van der Waals surface area contributed by atoms with Gasteiger partial charge in [0.25, 0.3) is 0 Å². The van der Waals surface area contributed by atoms with Gasteiger partial charge in [-0.25, -0.2) is 4.79 Å². The average molecular weight is 514 g/mol. The lowest BCUT2D eigenvalue weighted by atomic mass is 10.0. The molecule has 3 amide bonds. The lowest BCUT2D eigenvalue weighted by molar-refractivity contribution is -0.147. The number of likely N-dealkylation sites (tertiary alicyclic amines) is 1. The highest BCUT2D eigenvalue weighted by molar-refractivity contribution is 5.96. The predicted molar refractivity (Wildman–Crippen MR) is 132 cm³/mol. The lowest BCUT2D eigenvalue weighted by Gasteiger charge is -2.29. The van der Waals surface area contributed by atoms with Gasteiger partial charge >= 0.3 is 11.9 Å². The van der Waals surface area contributed by atoms with Gasteiger partial charge in [0.2, 0.25) is 17.7 Å². The monoisotopic (exact) mass is 513 g/mol. The van der Waals surface area contributed by atoms with E-state index in [0.29, 0.717) is 25.8 Å². The van der Waals surface area contributed by atoms with E-state index in [9.17, 15) is 34.2 Å². The van der Waals surface area contributed by atoms with Crippen LogP contribution in [0.2, 0.25) is 0 Å². The van der Waals surface area contributed by atoms with Crippen molar-refractivity contribution in [3.05, 3.63) is 36.0 Å². The van der Waals surface area contributed by atoms with Crippen LogP contribution in [-0.4, -0.2) is 87.0 Å². The number of carbonyl (C=O) groups is 5. The number of nitrogens with one attached hydrogen (secondary N) is 4. The summed E-state index contributed by atoms with van der Waals surface area (Å²) in [5.74, 6) is -4.23. The smallest absolute Gasteiger partial charge is 0.326 e. The van der Waals surface area contributed by atoms with E-state index in [4.69, 9.17) is 0 Å². The Bertz CT molecular complexity index is 1190. The van der Waals surface area contributed by atoms with Crippen molar-refractivity contribution in [2.75, 3.05) is 13.1 Å². The predicted octanol–water partition coefficient (Wildman–Crippen LogP) is -0.0177. The van der Waals surface area contributed by atoms with Crippen LogP contribution in [0.5, 0.6) is 0 Å². The summed E-state index contributed by atoms with van der Waals surface area (Å²) >= 11 is 0. The highest BCUT2D eigenvalue weighted by atomic mass is 16.4. The number of nitrogens with zero attached hydrogens (tertiary/aromatic N) is 1. The molecule has 2 aliphatic rings. The molecule has 2 aliphatic heterocycles. The number of carbonyl (C=O) groups excluding carboxylic acids is 3. The van der Waals surface area contributed by atoms with Gasteiger partial charge in [0.1, 0.15) is 18.1 Å². The van der Waals surface area contributed by atoms with Gasteiger partial charge in [-0.2, -0.15) is 0 Å². The Morgan fingerprint density at radius 1 is 1.00 bits per heavy atom. The van der Waals surface area contributed by atoms with Crippen molar-refractivity contribution in [1.82, 2.24) is 25.8 Å². The van der Waals surface area contributed by atoms with Crippen molar-refractivity contribution in [2.45, 2.75) is 62.7 Å². The van der Waals surface area contributed by atoms with Crippen LogP contribution in [0.15, 0.2) is 30.5 Å². The van der Waals surface area contributed by atoms with E-state index >= 15 is 0 Å². The number of hydrogen-bond donors (Lipinski definition) is 6. The maximum Gasteiger partial charge on any atom is 0.326 e. The molecule has 2 saturated heterocycles. The first-order valence-electron chi connectivity index (χ1n) is 12.4. The largest absolute Gasteiger partial charge is 0.481 e. The van der Waals surface area contributed by atoms with Crippen molar-refractivity contribution in [1.29, 1.82) is 0 Å². The highest BCUT2D eigenvalue weighted by Crippen LogP contribution is 2.22. The third-order valence-corrected chi connectivity index (χ3v) is 6.92. The molecule has 4 unspecified atom stereocenters. The summed E-state index contributed by atoms with van der Waals surface area (Å²) in [6, 6.07) is 3.40. The normalized spacial score (nSPS) is 20.9. The topological polar surface area (TPSA) is 181 Å². The lowest BCUT2D eigenvalue weighted by Crippen LogP contribution is -2.57. The van der Waals surface area contributed by atoms with Crippen LogP contribution in [0.3, 0.4) is 0 Å². The number of rotatable bonds is 10. The maximum absolute atomic E-state index is 13.3. The molecule has 198 valence electrons. The van der Waals surface area contributed by atoms with Crippen molar-refractivity contribution in [2.24, 2.45) is 0 Å². The van der Waals surface area contributed by atoms with E-state index in [2.05, 4.69) is 20.9 Å². The zero-order chi connectivity index (χ0) is 26.5. The zero-order valence-corrected chi connectivity index (χ0v) is 20.2. The van der Waals surface area contributed by atoms with Gasteiger partial charge in [-0.3, -0.25) is 19.2 Å². The summed E-state index contributed by atoms with van der Waals surface area (Å²) < 4.78 is 0. The van der Waals surface area contributed by atoms with Crippen LogP contribution in [0.4, 0.5) is 0 Å². The second-order valence-electron chi connectivity index (χ2n) is 9.46. The molecule has 0 spiro atoms. The third kappa shape index (κ3) is 6.08. The van der Waals surface area contributed by atoms with E-state index in [1.807, 2.05) is 24.3 Å². The molecular weight excluding hydrogens is 482 g/mol. The molecule has 12 heteroatoms. The number of amides is 3. The van der Waals surface area contributed by atoms with Gasteiger partial charge in [0.15, 0.2) is 0 Å². The Kier molecular flexibility index (Phi) is 8.07. The van der Waals surface area contributed by atoms with Crippen LogP contribution in [0.1, 0.15) is 37.7 Å². The fraction of sp³-hybridized carbons (Fsp3) is 0.480. The van der Waals surface area contributed by atoms with Gasteiger partial charge in [0, 0.05) is 30.1 Å². The number of carboxylic acid groups (broad SMARTS) is 2. The number of benzene rings is 1. The quantitative estimate of drug-likeness (QED) is 0.256. The minimum atomic E-state index is -1.33. The summed E-state index contributed by atoms with van der Waals surface area (Å²) in [7, 11) is 0. The summed E-state index contributed by atoms with van der Waals surface area (Å²) in [4.78, 5) is 66.7. The molecule has 2 fully saturated rings. The third-order valence-electron chi connectivity index (χ3n) is 6.92. The molecule has 3 heterocycles. The number of H-pyrrole nitrogens is 1. The molecule has 1 aromatic carbocycles. The summed E-state index contributed by atoms with van der Waals surface area (Å²) in [6.07, 6.45) is 3.29. The molecule has 0 aliphatic carbocycles. The van der Waals surface area contributed by atoms with Crippen molar-refractivity contribution in [3.63, 3.8) is 0 Å². The van der Waals surface area contributed by atoms with Crippen LogP contribution < -0.4 is 16.0 Å². The van der Waals surface area contributed by atoms with E-state index < -0.39 is 60.2 Å². The molecule has 6 N–H and O–H groups in total. The van der Waals surface area contributed by atoms with E-state index in [1.165, 1.54) is 4.90 Å². The molecule has 0 bridgehead atoms. The van der Waals surface area contributed by atoms with Crippen LogP contribution in [0.25, 0.3) is 10.9 Å². The molecule has 4 rings (SSSR count). The molecule has 0 radical (unpaired) electrons. The van der Waals surface area contributed by atoms with Gasteiger partial charge in [-0.05, 0) is 43.9 Å². The molecule has 12 nitrogen and oxygen atoms in total. The van der Waals surface area contributed by atoms with Gasteiger partial charge in [0.05, 0.1) is 12.5 Å². The zero-order valence-electron chi connectivity index (χ0n) is 20.2. The Morgan fingerprint density at radius 2 is 1.76 bits per heavy atom. The van der Waals surface area contributed by atoms with Crippen LogP contribution in [-0.2, 0) is 30.4 Å². The molecule has 2 aromatic rings. The number of aliphatic carboxylic acids is 2. The number of fused-ring (bicyclic) bond motifs is 1. The Labute approximate surface area is 212 Å². The Balaban J connectivity index is 1.45. The summed E-state index contributed by atoms with van der Waals surface area (Å²) in [5.41, 5.74) is 1.58. The number of carboxylic acids is 2. The first-order valence-corrected chi connectivity index (χ1v) is 12.4. The fourth-order valence-corrected chi connectivity index (χ4v) is 5.05. The SMILES string of the molecule is O=C(O)CC(NC(=O)C1CCCN1)C(=O)N1CCCC1C(=O)NC(Cc1c[nH]c2ccccc12)C(=O)O. The van der Waals surface area contributed by atoms with Crippen molar-refractivity contribution < 1.29 is 34.2 Å². The fourth-order valence-electron chi connectivity index (χ4n) is 5.05. The second-order valence-corrected chi connectivity index (χ2v) is 9.46. The number of aromatic nitrogens is 1. The first-order chi connectivity index (χ1) is 17.7. The van der Waals surface area contributed by atoms with E-state index in [1.54, 1.807) is 6.20 Å². The van der Waals surface area contributed by atoms with Crippen molar-refractivity contribution >= 4 is 40.6 Å². The Hall–Kier alpha value is -3.93. The first kappa shape index (κ1) is 26.1. The number of hydrogen-bond acceptors (Lipinski definition) is 6. The second kappa shape index (κ2) is 11.4. The van der Waals surface area contributed by atoms with Gasteiger partial charge < -0.3 is 36.0 Å². The molecule has 4 atom stereocenters. The molecule has 1 aromatic heterocycles. The molecule has 37 heavy (non-hydrogen) atoms. The molecular formula is C25H31N5O7. The van der Waals surface area contributed by atoms with Gasteiger partial charge in [-0.15, -0.1) is 0 Å². The van der Waals surface area contributed by atoms with E-state index in [-0.39, 0.29) is 13.0 Å². The minimum Gasteiger partial charge on any atom is -0.481 e.